The van der Waals surface area contributed by atoms with Crippen molar-refractivity contribution >= 4 is 28.6 Å². The Hall–Kier alpha value is -1.81. The molecule has 0 saturated heterocycles. The molecule has 3 nitrogen and oxygen atoms in total. The van der Waals surface area contributed by atoms with Crippen LogP contribution in [0.25, 0.3) is 0 Å². The number of anilines is 2. The second-order valence-corrected chi connectivity index (χ2v) is 5.48. The third kappa shape index (κ3) is 1.61. The molecule has 0 saturated carbocycles. The Balaban J connectivity index is 2.03. The molecule has 1 aromatic heterocycles. The van der Waals surface area contributed by atoms with Gasteiger partial charge in [-0.15, -0.1) is 11.3 Å². The first-order chi connectivity index (χ1) is 8.68. The Morgan fingerprint density at radius 3 is 2.89 bits per heavy atom. The number of hydrogen-bond acceptors (Lipinski definition) is 3. The average molecular weight is 258 g/mol. The zero-order valence-corrected chi connectivity index (χ0v) is 10.9. The smallest absolute Gasteiger partial charge is 0.270 e. The highest BCUT2D eigenvalue weighted by Crippen LogP contribution is 2.34. The normalized spacial score (nSPS) is 17.8. The quantitative estimate of drug-likeness (QED) is 0.855. The summed E-state index contributed by atoms with van der Waals surface area (Å²) in [6.45, 7) is 2.07. The standard InChI is InChI=1S/C14H14N2OS/c1-9-8-10-4-2-3-5-12(10)16(9)14(17)13-11(15)6-7-18-13/h2-7,9H,8,15H2,1H3. The highest BCUT2D eigenvalue weighted by molar-refractivity contribution is 7.12. The summed E-state index contributed by atoms with van der Waals surface area (Å²) >= 11 is 1.40. The van der Waals surface area contributed by atoms with Crippen LogP contribution in [-0.2, 0) is 6.42 Å². The Morgan fingerprint density at radius 2 is 2.17 bits per heavy atom. The monoisotopic (exact) mass is 258 g/mol. The van der Waals surface area contributed by atoms with Crippen molar-refractivity contribution < 1.29 is 4.79 Å². The molecule has 0 fully saturated rings. The molecule has 3 rings (SSSR count). The third-order valence-electron chi connectivity index (χ3n) is 3.32. The molecule has 0 spiro atoms. The molecule has 0 radical (unpaired) electrons. The minimum Gasteiger partial charge on any atom is -0.397 e. The molecule has 1 atom stereocenters. The number of hydrogen-bond donors (Lipinski definition) is 1. The van der Waals surface area contributed by atoms with Gasteiger partial charge in [-0.2, -0.15) is 0 Å². The van der Waals surface area contributed by atoms with Crippen molar-refractivity contribution in [3.05, 3.63) is 46.2 Å². The number of nitrogens with zero attached hydrogens (tertiary/aromatic N) is 1. The van der Waals surface area contributed by atoms with Crippen LogP contribution in [-0.4, -0.2) is 11.9 Å². The van der Waals surface area contributed by atoms with E-state index in [1.807, 2.05) is 28.5 Å². The minimum absolute atomic E-state index is 0.0138. The number of carbonyl (C=O) groups excluding carboxylic acids is 1. The highest BCUT2D eigenvalue weighted by Gasteiger charge is 2.32. The van der Waals surface area contributed by atoms with Crippen LogP contribution in [0.2, 0.25) is 0 Å². The summed E-state index contributed by atoms with van der Waals surface area (Å²) in [5.41, 5.74) is 8.65. The first kappa shape index (κ1) is 11.3. The Morgan fingerprint density at radius 1 is 1.39 bits per heavy atom. The van der Waals surface area contributed by atoms with Crippen molar-refractivity contribution in [2.75, 3.05) is 10.6 Å². The fraction of sp³-hybridized carbons (Fsp3) is 0.214. The lowest BCUT2D eigenvalue weighted by Gasteiger charge is -2.22. The molecule has 2 aromatic rings. The number of thiophene rings is 1. The molecule has 1 unspecified atom stereocenters. The van der Waals surface area contributed by atoms with E-state index in [2.05, 4.69) is 13.0 Å². The molecule has 1 aromatic carbocycles. The van der Waals surface area contributed by atoms with Crippen LogP contribution >= 0.6 is 11.3 Å². The van der Waals surface area contributed by atoms with Crippen molar-refractivity contribution in [1.82, 2.24) is 0 Å². The zero-order valence-electron chi connectivity index (χ0n) is 10.1. The van der Waals surface area contributed by atoms with Crippen LogP contribution < -0.4 is 10.6 Å². The second kappa shape index (κ2) is 4.14. The van der Waals surface area contributed by atoms with Crippen molar-refractivity contribution in [2.45, 2.75) is 19.4 Å². The number of carbonyl (C=O) groups is 1. The highest BCUT2D eigenvalue weighted by atomic mass is 32.1. The summed E-state index contributed by atoms with van der Waals surface area (Å²) in [5, 5.41) is 1.86. The van der Waals surface area contributed by atoms with E-state index in [0.717, 1.165) is 12.1 Å². The molecule has 4 heteroatoms. The maximum absolute atomic E-state index is 12.6. The number of benzene rings is 1. The molecule has 0 bridgehead atoms. The number of rotatable bonds is 1. The van der Waals surface area contributed by atoms with Crippen LogP contribution in [0.3, 0.4) is 0 Å². The van der Waals surface area contributed by atoms with E-state index < -0.39 is 0 Å². The van der Waals surface area contributed by atoms with Crippen LogP contribution in [0.15, 0.2) is 35.7 Å². The van der Waals surface area contributed by atoms with Crippen molar-refractivity contribution in [3.8, 4) is 0 Å². The number of nitrogen functional groups attached to an aromatic ring is 1. The van der Waals surface area contributed by atoms with Gasteiger partial charge >= 0.3 is 0 Å². The maximum atomic E-state index is 12.6. The number of fused-ring (bicyclic) bond motifs is 1. The lowest BCUT2D eigenvalue weighted by Crippen LogP contribution is -2.35. The van der Waals surface area contributed by atoms with Crippen LogP contribution in [0, 0.1) is 0 Å². The van der Waals surface area contributed by atoms with Gasteiger partial charge in [0.05, 0.1) is 5.69 Å². The summed E-state index contributed by atoms with van der Waals surface area (Å²) in [6, 6.07) is 10.0. The van der Waals surface area contributed by atoms with Gasteiger partial charge in [-0.25, -0.2) is 0 Å². The van der Waals surface area contributed by atoms with Gasteiger partial charge in [0, 0.05) is 11.7 Å². The van der Waals surface area contributed by atoms with Crippen molar-refractivity contribution in [2.24, 2.45) is 0 Å². The summed E-state index contributed by atoms with van der Waals surface area (Å²) in [5.74, 6) is 0.0138. The molecule has 2 heterocycles. The average Bonchev–Trinajstić information content (AvgIpc) is 2.91. The SMILES string of the molecule is CC1Cc2ccccc2N1C(=O)c1sccc1N. The molecule has 1 amide bonds. The van der Waals surface area contributed by atoms with E-state index in [-0.39, 0.29) is 11.9 Å². The van der Waals surface area contributed by atoms with Gasteiger partial charge in [-0.3, -0.25) is 4.79 Å². The van der Waals surface area contributed by atoms with Gasteiger partial charge in [-0.05, 0) is 36.4 Å². The minimum atomic E-state index is 0.0138. The third-order valence-corrected chi connectivity index (χ3v) is 4.23. The fourth-order valence-electron chi connectivity index (χ4n) is 2.48. The van der Waals surface area contributed by atoms with E-state index >= 15 is 0 Å². The molecule has 1 aliphatic rings. The Labute approximate surface area is 110 Å². The van der Waals surface area contributed by atoms with Gasteiger partial charge in [0.2, 0.25) is 0 Å². The molecular weight excluding hydrogens is 244 g/mol. The number of amides is 1. The topological polar surface area (TPSA) is 46.3 Å². The fourth-order valence-corrected chi connectivity index (χ4v) is 3.23. The zero-order chi connectivity index (χ0) is 12.7. The van der Waals surface area contributed by atoms with Gasteiger partial charge in [-0.1, -0.05) is 18.2 Å². The first-order valence-electron chi connectivity index (χ1n) is 5.93. The van der Waals surface area contributed by atoms with Gasteiger partial charge in [0.1, 0.15) is 4.88 Å². The summed E-state index contributed by atoms with van der Waals surface area (Å²) < 4.78 is 0. The van der Waals surface area contributed by atoms with Crippen LogP contribution in [0.1, 0.15) is 22.2 Å². The molecule has 92 valence electrons. The Bertz CT molecular complexity index is 605. The lowest BCUT2D eigenvalue weighted by atomic mass is 10.1. The van der Waals surface area contributed by atoms with Gasteiger partial charge < -0.3 is 10.6 Å². The first-order valence-corrected chi connectivity index (χ1v) is 6.81. The second-order valence-electron chi connectivity index (χ2n) is 4.56. The van der Waals surface area contributed by atoms with E-state index in [9.17, 15) is 4.79 Å². The number of para-hydroxylation sites is 1. The molecule has 1 aliphatic heterocycles. The van der Waals surface area contributed by atoms with Gasteiger partial charge in [0.25, 0.3) is 5.91 Å². The largest absolute Gasteiger partial charge is 0.397 e. The predicted molar refractivity (Wildman–Crippen MR) is 75.1 cm³/mol. The van der Waals surface area contributed by atoms with E-state index in [1.54, 1.807) is 6.07 Å². The predicted octanol–water partition coefficient (Wildman–Crippen LogP) is 2.92. The molecule has 18 heavy (non-hydrogen) atoms. The maximum Gasteiger partial charge on any atom is 0.270 e. The van der Waals surface area contributed by atoms with Crippen LogP contribution in [0.4, 0.5) is 11.4 Å². The summed E-state index contributed by atoms with van der Waals surface area (Å²) in [4.78, 5) is 15.1. The van der Waals surface area contributed by atoms with Crippen molar-refractivity contribution in [1.29, 1.82) is 0 Å². The van der Waals surface area contributed by atoms with E-state index in [4.69, 9.17) is 5.73 Å². The lowest BCUT2D eigenvalue weighted by molar-refractivity contribution is 0.0986. The number of nitrogens with two attached hydrogens (primary N) is 1. The molecule has 0 aliphatic carbocycles. The molecule has 2 N–H and O–H groups in total. The van der Waals surface area contributed by atoms with Crippen LogP contribution in [0.5, 0.6) is 0 Å². The summed E-state index contributed by atoms with van der Waals surface area (Å²) in [6.07, 6.45) is 0.910. The van der Waals surface area contributed by atoms with E-state index in [0.29, 0.717) is 10.6 Å². The van der Waals surface area contributed by atoms with Crippen molar-refractivity contribution in [3.63, 3.8) is 0 Å². The molecular formula is C14H14N2OS. The van der Waals surface area contributed by atoms with Gasteiger partial charge in [0.15, 0.2) is 0 Å². The van der Waals surface area contributed by atoms with E-state index in [1.165, 1.54) is 16.9 Å². The Kier molecular flexibility index (Phi) is 2.59. The summed E-state index contributed by atoms with van der Waals surface area (Å²) in [7, 11) is 0.